The van der Waals surface area contributed by atoms with Crippen LogP contribution >= 0.6 is 0 Å². The van der Waals surface area contributed by atoms with E-state index in [1.165, 1.54) is 11.1 Å². The molecule has 2 aromatic rings. The Labute approximate surface area is 156 Å². The lowest BCUT2D eigenvalue weighted by atomic mass is 10.1. The minimum Gasteiger partial charge on any atom is -0.357 e. The van der Waals surface area contributed by atoms with E-state index in [2.05, 4.69) is 47.7 Å². The number of nitrogens with one attached hydrogen (secondary N) is 2. The molecule has 140 valence electrons. The van der Waals surface area contributed by atoms with Gasteiger partial charge in [-0.1, -0.05) is 42.0 Å². The molecule has 0 aliphatic rings. The highest BCUT2D eigenvalue weighted by Gasteiger charge is 2.13. The van der Waals surface area contributed by atoms with Gasteiger partial charge in [-0.3, -0.25) is 0 Å². The number of aliphatic imine (C=N–C) groups is 1. The fourth-order valence-corrected chi connectivity index (χ4v) is 3.76. The molecule has 0 atom stereocenters. The van der Waals surface area contributed by atoms with Crippen LogP contribution in [0.1, 0.15) is 23.6 Å². The first kappa shape index (κ1) is 20.0. The van der Waals surface area contributed by atoms with E-state index < -0.39 is 9.84 Å². The average Bonchev–Trinajstić information content (AvgIpc) is 2.61. The van der Waals surface area contributed by atoms with E-state index in [-0.39, 0.29) is 5.75 Å². The number of nitrogens with zero attached hydrogens (tertiary/aromatic N) is 1. The summed E-state index contributed by atoms with van der Waals surface area (Å²) in [6, 6.07) is 14.8. The fraction of sp³-hybridized carbons (Fsp3) is 0.350. The molecule has 0 aliphatic heterocycles. The molecule has 0 radical (unpaired) electrons. The van der Waals surface area contributed by atoms with E-state index >= 15 is 0 Å². The maximum atomic E-state index is 12.3. The molecule has 0 saturated heterocycles. The van der Waals surface area contributed by atoms with Crippen LogP contribution in [0.25, 0.3) is 0 Å². The van der Waals surface area contributed by atoms with Crippen molar-refractivity contribution in [3.05, 3.63) is 65.2 Å². The van der Waals surface area contributed by atoms with Crippen molar-refractivity contribution in [1.82, 2.24) is 10.6 Å². The summed E-state index contributed by atoms with van der Waals surface area (Å²) in [5.41, 5.74) is 3.59. The second kappa shape index (κ2) is 9.38. The van der Waals surface area contributed by atoms with Crippen LogP contribution < -0.4 is 10.6 Å². The monoisotopic (exact) mass is 373 g/mol. The Morgan fingerprint density at radius 3 is 2.42 bits per heavy atom. The van der Waals surface area contributed by atoms with Gasteiger partial charge in [0.1, 0.15) is 0 Å². The maximum Gasteiger partial charge on any atom is 0.191 e. The number of rotatable bonds is 7. The predicted molar refractivity (Wildman–Crippen MR) is 107 cm³/mol. The second-order valence-electron chi connectivity index (χ2n) is 6.18. The molecule has 2 rings (SSSR count). The molecule has 0 fully saturated rings. The van der Waals surface area contributed by atoms with E-state index in [1.54, 1.807) is 30.3 Å². The summed E-state index contributed by atoms with van der Waals surface area (Å²) < 4.78 is 24.7. The van der Waals surface area contributed by atoms with Crippen molar-refractivity contribution in [2.45, 2.75) is 32.2 Å². The Kier molecular flexibility index (Phi) is 7.21. The van der Waals surface area contributed by atoms with E-state index in [9.17, 15) is 8.42 Å². The molecule has 6 heteroatoms. The summed E-state index contributed by atoms with van der Waals surface area (Å²) >= 11 is 0. The van der Waals surface area contributed by atoms with Crippen molar-refractivity contribution >= 4 is 15.8 Å². The van der Waals surface area contributed by atoms with Crippen molar-refractivity contribution in [2.24, 2.45) is 4.99 Å². The highest BCUT2D eigenvalue weighted by molar-refractivity contribution is 7.91. The van der Waals surface area contributed by atoms with Crippen LogP contribution in [0.5, 0.6) is 0 Å². The van der Waals surface area contributed by atoms with Crippen molar-refractivity contribution in [3.63, 3.8) is 0 Å². The van der Waals surface area contributed by atoms with Gasteiger partial charge in [-0.05, 0) is 44.0 Å². The van der Waals surface area contributed by atoms with Gasteiger partial charge in [0.2, 0.25) is 0 Å². The molecular formula is C20H27N3O2S. The van der Waals surface area contributed by atoms with Gasteiger partial charge in [-0.2, -0.15) is 0 Å². The summed E-state index contributed by atoms with van der Waals surface area (Å²) in [6.07, 6.45) is 0. The minimum atomic E-state index is -3.29. The SMILES string of the molecule is CCNC(=NCc1ccc(C)cc1C)NCCS(=O)(=O)c1ccccc1. The first-order valence-electron chi connectivity index (χ1n) is 8.78. The Morgan fingerprint density at radius 1 is 1.04 bits per heavy atom. The first-order chi connectivity index (χ1) is 12.4. The van der Waals surface area contributed by atoms with Gasteiger partial charge in [-0.15, -0.1) is 0 Å². The molecule has 0 bridgehead atoms. The van der Waals surface area contributed by atoms with E-state index in [0.29, 0.717) is 30.5 Å². The zero-order chi connectivity index (χ0) is 19.0. The zero-order valence-corrected chi connectivity index (χ0v) is 16.4. The molecule has 5 nitrogen and oxygen atoms in total. The second-order valence-corrected chi connectivity index (χ2v) is 8.29. The maximum absolute atomic E-state index is 12.3. The Bertz CT molecular complexity index is 847. The van der Waals surface area contributed by atoms with Crippen LogP contribution in [0.2, 0.25) is 0 Å². The van der Waals surface area contributed by atoms with Crippen molar-refractivity contribution in [2.75, 3.05) is 18.8 Å². The molecule has 2 aromatic carbocycles. The Morgan fingerprint density at radius 2 is 1.77 bits per heavy atom. The van der Waals surface area contributed by atoms with Crippen LogP contribution in [0.3, 0.4) is 0 Å². The topological polar surface area (TPSA) is 70.6 Å². The molecule has 2 N–H and O–H groups in total. The van der Waals surface area contributed by atoms with Gasteiger partial charge < -0.3 is 10.6 Å². The quantitative estimate of drug-likeness (QED) is 0.578. The van der Waals surface area contributed by atoms with Gasteiger partial charge in [0.25, 0.3) is 0 Å². The summed E-state index contributed by atoms with van der Waals surface area (Å²) in [6.45, 7) is 7.69. The predicted octanol–water partition coefficient (Wildman–Crippen LogP) is 2.83. The van der Waals surface area contributed by atoms with Crippen LogP contribution in [-0.2, 0) is 16.4 Å². The third-order valence-corrected chi connectivity index (χ3v) is 5.75. The number of hydrogen-bond donors (Lipinski definition) is 2. The lowest BCUT2D eigenvalue weighted by molar-refractivity contribution is 0.594. The number of benzene rings is 2. The van der Waals surface area contributed by atoms with Gasteiger partial charge >= 0.3 is 0 Å². The van der Waals surface area contributed by atoms with E-state index in [4.69, 9.17) is 0 Å². The van der Waals surface area contributed by atoms with Gasteiger partial charge in [0.05, 0.1) is 17.2 Å². The molecule has 0 saturated carbocycles. The highest BCUT2D eigenvalue weighted by Crippen LogP contribution is 2.11. The van der Waals surface area contributed by atoms with Crippen LogP contribution in [-0.4, -0.2) is 33.2 Å². The fourth-order valence-electron chi connectivity index (χ4n) is 2.58. The molecule has 0 unspecified atom stereocenters. The van der Waals surface area contributed by atoms with Crippen LogP contribution in [0.4, 0.5) is 0 Å². The lowest BCUT2D eigenvalue weighted by Crippen LogP contribution is -2.39. The summed E-state index contributed by atoms with van der Waals surface area (Å²) in [7, 11) is -3.29. The molecule has 0 aromatic heterocycles. The number of guanidine groups is 1. The van der Waals surface area contributed by atoms with Gasteiger partial charge in [0.15, 0.2) is 15.8 Å². The largest absolute Gasteiger partial charge is 0.357 e. The summed E-state index contributed by atoms with van der Waals surface area (Å²) in [5.74, 6) is 0.640. The summed E-state index contributed by atoms with van der Waals surface area (Å²) in [5, 5.41) is 6.26. The van der Waals surface area contributed by atoms with E-state index in [0.717, 1.165) is 5.56 Å². The molecule has 0 amide bonds. The van der Waals surface area contributed by atoms with Crippen LogP contribution in [0, 0.1) is 13.8 Å². The van der Waals surface area contributed by atoms with Crippen molar-refractivity contribution in [3.8, 4) is 0 Å². The molecule has 0 aliphatic carbocycles. The summed E-state index contributed by atoms with van der Waals surface area (Å²) in [4.78, 5) is 4.91. The highest BCUT2D eigenvalue weighted by atomic mass is 32.2. The van der Waals surface area contributed by atoms with E-state index in [1.807, 2.05) is 6.92 Å². The minimum absolute atomic E-state index is 0.0188. The standard InChI is InChI=1S/C20H27N3O2S/c1-4-21-20(23-15-18-11-10-16(2)14-17(18)3)22-12-13-26(24,25)19-8-6-5-7-9-19/h5-11,14H,4,12-13,15H2,1-3H3,(H2,21,22,23). The van der Waals surface area contributed by atoms with Gasteiger partial charge in [-0.25, -0.2) is 13.4 Å². The van der Waals surface area contributed by atoms with Crippen molar-refractivity contribution in [1.29, 1.82) is 0 Å². The molecule has 0 spiro atoms. The first-order valence-corrected chi connectivity index (χ1v) is 10.4. The third-order valence-electron chi connectivity index (χ3n) is 4.02. The third kappa shape index (κ3) is 5.88. The number of aryl methyl sites for hydroxylation is 2. The lowest BCUT2D eigenvalue weighted by Gasteiger charge is -2.12. The molecular weight excluding hydrogens is 346 g/mol. The van der Waals surface area contributed by atoms with Crippen LogP contribution in [0.15, 0.2) is 58.4 Å². The Hall–Kier alpha value is -2.34. The smallest absolute Gasteiger partial charge is 0.191 e. The Balaban J connectivity index is 1.97. The number of sulfone groups is 1. The zero-order valence-electron chi connectivity index (χ0n) is 15.6. The van der Waals surface area contributed by atoms with Gasteiger partial charge in [0, 0.05) is 13.1 Å². The molecule has 0 heterocycles. The number of hydrogen-bond acceptors (Lipinski definition) is 3. The average molecular weight is 374 g/mol. The normalized spacial score (nSPS) is 12.0. The molecule has 26 heavy (non-hydrogen) atoms. The van der Waals surface area contributed by atoms with Crippen molar-refractivity contribution < 1.29 is 8.42 Å².